The van der Waals surface area contributed by atoms with E-state index in [1.807, 2.05) is 0 Å². The molecule has 0 amide bonds. The first-order chi connectivity index (χ1) is 31.9. The highest BCUT2D eigenvalue weighted by Gasteiger charge is 2.16. The predicted molar refractivity (Wildman–Crippen MR) is 283 cm³/mol. The molecule has 0 bridgehead atoms. The van der Waals surface area contributed by atoms with Gasteiger partial charge in [0.2, 0.25) is 0 Å². The van der Waals surface area contributed by atoms with Crippen molar-refractivity contribution in [2.45, 2.75) is 317 Å². The van der Waals surface area contributed by atoms with Crippen LogP contribution in [-0.2, 0) is 9.59 Å². The smallest absolute Gasteiger partial charge is 0.331 e. The number of hydrogen-bond acceptors (Lipinski definition) is 4. The number of hydrogen-bond donors (Lipinski definition) is 3. The van der Waals surface area contributed by atoms with Crippen molar-refractivity contribution >= 4 is 11.9 Å². The molecule has 0 aliphatic carbocycles. The first-order valence-electron chi connectivity index (χ1n) is 29.1. The van der Waals surface area contributed by atoms with Crippen LogP contribution in [0.1, 0.15) is 317 Å². The van der Waals surface area contributed by atoms with Gasteiger partial charge in [-0.1, -0.05) is 231 Å². The molecule has 0 saturated heterocycles. The molecule has 0 aliphatic rings. The molecule has 0 spiro atoms. The van der Waals surface area contributed by atoms with Gasteiger partial charge in [0.15, 0.2) is 0 Å². The zero-order valence-electron chi connectivity index (χ0n) is 44.3. The van der Waals surface area contributed by atoms with Crippen molar-refractivity contribution in [3.05, 3.63) is 22.3 Å². The van der Waals surface area contributed by atoms with Gasteiger partial charge in [0, 0.05) is 24.3 Å². The van der Waals surface area contributed by atoms with Crippen LogP contribution in [0.15, 0.2) is 22.3 Å². The topological polar surface area (TPSA) is 98.1 Å². The summed E-state index contributed by atoms with van der Waals surface area (Å²) in [6, 6.07) is 0. The van der Waals surface area contributed by atoms with Gasteiger partial charge in [-0.3, -0.25) is 0 Å². The normalized spacial score (nSPS) is 12.6. The van der Waals surface area contributed by atoms with E-state index < -0.39 is 11.9 Å². The quantitative estimate of drug-likeness (QED) is 0.0415. The van der Waals surface area contributed by atoms with Crippen LogP contribution in [0.4, 0.5) is 0 Å². The van der Waals surface area contributed by atoms with Gasteiger partial charge in [-0.15, -0.1) is 0 Å². The average Bonchev–Trinajstić information content (AvgIpc) is 3.29. The summed E-state index contributed by atoms with van der Waals surface area (Å²) in [5.41, 5.74) is 3.96. The Balaban J connectivity index is 4.87. The highest BCUT2D eigenvalue weighted by molar-refractivity contribution is 5.88. The van der Waals surface area contributed by atoms with Crippen molar-refractivity contribution in [1.82, 2.24) is 4.90 Å². The second-order valence-electron chi connectivity index (χ2n) is 20.2. The number of carboxylic acid groups (broad SMARTS) is 2. The van der Waals surface area contributed by atoms with Gasteiger partial charge < -0.3 is 20.2 Å². The fourth-order valence-corrected chi connectivity index (χ4v) is 9.87. The number of aliphatic hydroxyl groups excluding tert-OH is 1. The van der Waals surface area contributed by atoms with Crippen molar-refractivity contribution in [1.29, 1.82) is 0 Å². The molecule has 0 aliphatic heterocycles. The number of unbranched alkanes of at least 4 members (excludes halogenated alkanes) is 32. The van der Waals surface area contributed by atoms with Crippen LogP contribution < -0.4 is 0 Å². The first kappa shape index (κ1) is 63.3. The van der Waals surface area contributed by atoms with E-state index in [0.29, 0.717) is 12.8 Å². The Morgan fingerprint density at radius 3 is 0.754 bits per heavy atom. The second kappa shape index (κ2) is 50.2. The van der Waals surface area contributed by atoms with Crippen molar-refractivity contribution in [3.8, 4) is 0 Å². The Kier molecular flexibility index (Phi) is 48.9. The molecule has 0 radical (unpaired) electrons. The summed E-state index contributed by atoms with van der Waals surface area (Å²) in [6.45, 7) is 12.3. The number of aliphatic hydroxyl groups is 1. The fourth-order valence-electron chi connectivity index (χ4n) is 9.87. The third-order valence-electron chi connectivity index (χ3n) is 14.1. The number of nitrogens with zero attached hydrogens (tertiary/aromatic N) is 1. The van der Waals surface area contributed by atoms with Crippen molar-refractivity contribution in [2.24, 2.45) is 0 Å². The third kappa shape index (κ3) is 41.1. The minimum atomic E-state index is -0.677. The maximum atomic E-state index is 12.5. The standard InChI is InChI=1S/C59H113NO5/c1-5-9-13-17-21-23-29-37-46-54(44-35-27-19-15-11-7-3)56(58(62)63)48-39-31-25-33-41-50-60(52-43-53-61)51-42-34-26-32-40-49-57(59(64)65)55(45-36-28-20-16-12-8-4)47-38-30-24-22-18-14-10-6-2/h61H,5-53H2,1-4H3,(H,62,63)(H,64,65)/b56-54-,57-55-. The van der Waals surface area contributed by atoms with Gasteiger partial charge in [-0.25, -0.2) is 9.59 Å². The van der Waals surface area contributed by atoms with Crippen LogP contribution in [0, 0.1) is 0 Å². The summed E-state index contributed by atoms with van der Waals surface area (Å²) in [7, 11) is 0. The molecule has 6 heteroatoms. The van der Waals surface area contributed by atoms with E-state index in [0.717, 1.165) is 140 Å². The maximum absolute atomic E-state index is 12.5. The summed E-state index contributed by atoms with van der Waals surface area (Å²) < 4.78 is 0. The van der Waals surface area contributed by atoms with E-state index in [9.17, 15) is 24.9 Å². The predicted octanol–water partition coefficient (Wildman–Crippen LogP) is 18.7. The number of rotatable bonds is 53. The van der Waals surface area contributed by atoms with Crippen LogP contribution >= 0.6 is 0 Å². The molecule has 0 aromatic heterocycles. The molecule has 3 N–H and O–H groups in total. The molecule has 0 heterocycles. The number of aliphatic carboxylic acids is 2. The van der Waals surface area contributed by atoms with Crippen molar-refractivity contribution < 1.29 is 24.9 Å². The monoisotopic (exact) mass is 916 g/mol. The van der Waals surface area contributed by atoms with Gasteiger partial charge in [0.05, 0.1) is 0 Å². The summed E-state index contributed by atoms with van der Waals surface area (Å²) in [4.78, 5) is 27.6. The minimum absolute atomic E-state index is 0.231. The van der Waals surface area contributed by atoms with E-state index in [2.05, 4.69) is 32.6 Å². The van der Waals surface area contributed by atoms with E-state index in [4.69, 9.17) is 0 Å². The van der Waals surface area contributed by atoms with Gasteiger partial charge in [-0.2, -0.15) is 0 Å². The molecule has 0 rings (SSSR count). The number of allylic oxidation sites excluding steroid dienone is 2. The van der Waals surface area contributed by atoms with Crippen LogP contribution in [0.2, 0.25) is 0 Å². The molecule has 0 aromatic rings. The van der Waals surface area contributed by atoms with Crippen molar-refractivity contribution in [2.75, 3.05) is 26.2 Å². The summed E-state index contributed by atoms with van der Waals surface area (Å²) in [5.74, 6) is -1.35. The molecule has 384 valence electrons. The lowest BCUT2D eigenvalue weighted by Crippen LogP contribution is -2.27. The molecular formula is C59H113NO5. The fraction of sp³-hybridized carbons (Fsp3) is 0.898. The highest BCUT2D eigenvalue weighted by Crippen LogP contribution is 2.27. The number of carboxylic acids is 2. The minimum Gasteiger partial charge on any atom is -0.478 e. The molecule has 0 atom stereocenters. The van der Waals surface area contributed by atoms with Crippen LogP contribution in [-0.4, -0.2) is 58.4 Å². The first-order valence-corrected chi connectivity index (χ1v) is 29.1. The van der Waals surface area contributed by atoms with E-state index >= 15 is 0 Å². The van der Waals surface area contributed by atoms with Gasteiger partial charge in [0.25, 0.3) is 0 Å². The largest absolute Gasteiger partial charge is 0.478 e. The molecule has 0 unspecified atom stereocenters. The summed E-state index contributed by atoms with van der Waals surface area (Å²) >= 11 is 0. The maximum Gasteiger partial charge on any atom is 0.331 e. The second-order valence-corrected chi connectivity index (χ2v) is 20.2. The number of carbonyl (C=O) groups is 2. The Hall–Kier alpha value is -1.66. The third-order valence-corrected chi connectivity index (χ3v) is 14.1. The van der Waals surface area contributed by atoms with Crippen molar-refractivity contribution in [3.63, 3.8) is 0 Å². The Labute approximate surface area is 405 Å². The lowest BCUT2D eigenvalue weighted by molar-refractivity contribution is -0.133. The van der Waals surface area contributed by atoms with Crippen LogP contribution in [0.3, 0.4) is 0 Å². The zero-order chi connectivity index (χ0) is 47.7. The van der Waals surface area contributed by atoms with E-state index in [1.165, 1.54) is 178 Å². The SMILES string of the molecule is CCCCCCCCCC/C(CCCCCCCC)=C(/CCCCCCCN(CCCO)CCCCCCC/C(C(=O)O)=C(\CCCCCCCC)CCCCCCCCCC)C(=O)O. The Morgan fingerprint density at radius 1 is 0.292 bits per heavy atom. The molecule has 0 fully saturated rings. The molecule has 0 saturated carbocycles. The molecular weight excluding hydrogens is 803 g/mol. The average molecular weight is 917 g/mol. The Morgan fingerprint density at radius 2 is 0.508 bits per heavy atom. The van der Waals surface area contributed by atoms with E-state index in [1.54, 1.807) is 0 Å². The lowest BCUT2D eigenvalue weighted by Gasteiger charge is -2.22. The lowest BCUT2D eigenvalue weighted by atomic mass is 9.92. The Bertz CT molecular complexity index is 1030. The van der Waals surface area contributed by atoms with Gasteiger partial charge in [0.1, 0.15) is 0 Å². The highest BCUT2D eigenvalue weighted by atomic mass is 16.4. The van der Waals surface area contributed by atoms with Crippen LogP contribution in [0.25, 0.3) is 0 Å². The summed E-state index contributed by atoms with van der Waals surface area (Å²) in [5, 5.41) is 30.2. The van der Waals surface area contributed by atoms with E-state index in [-0.39, 0.29) is 6.61 Å². The molecule has 65 heavy (non-hydrogen) atoms. The van der Waals surface area contributed by atoms with Gasteiger partial charge in [-0.05, 0) is 109 Å². The zero-order valence-corrected chi connectivity index (χ0v) is 44.3. The van der Waals surface area contributed by atoms with Gasteiger partial charge >= 0.3 is 11.9 Å². The summed E-state index contributed by atoms with van der Waals surface area (Å²) in [6.07, 6.45) is 52.7. The molecule has 0 aromatic carbocycles. The van der Waals surface area contributed by atoms with Crippen LogP contribution in [0.5, 0.6) is 0 Å². The molecule has 6 nitrogen and oxygen atoms in total.